The summed E-state index contributed by atoms with van der Waals surface area (Å²) in [4.78, 5) is 11.6. The van der Waals surface area contributed by atoms with Gasteiger partial charge in [-0.3, -0.25) is 4.79 Å². The minimum absolute atomic E-state index is 0.00832. The molecule has 2 heteroatoms. The number of benzene rings is 1. The Morgan fingerprint density at radius 3 is 2.79 bits per heavy atom. The molecule has 0 saturated carbocycles. The third-order valence-corrected chi connectivity index (χ3v) is 1.86. The summed E-state index contributed by atoms with van der Waals surface area (Å²) in [5.74, 6) is 0.778. The maximum atomic E-state index is 11.6. The van der Waals surface area contributed by atoms with E-state index in [1.165, 1.54) is 6.26 Å². The molecule has 1 aromatic rings. The predicted octanol–water partition coefficient (Wildman–Crippen LogP) is 3.05. The molecule has 0 fully saturated rings. The minimum Gasteiger partial charge on any atom is -0.466 e. The molecule has 0 spiro atoms. The summed E-state index contributed by atoms with van der Waals surface area (Å²) < 4.78 is 5.09. The van der Waals surface area contributed by atoms with Crippen LogP contribution in [-0.2, 0) is 0 Å². The second kappa shape index (κ2) is 4.61. The second-order valence-corrected chi connectivity index (χ2v) is 3.33. The monoisotopic (exact) mass is 190 g/mol. The minimum atomic E-state index is 0.00832. The van der Waals surface area contributed by atoms with Crippen LogP contribution >= 0.6 is 0 Å². The van der Waals surface area contributed by atoms with E-state index in [0.717, 1.165) is 0 Å². The third-order valence-electron chi connectivity index (χ3n) is 1.86. The molecule has 0 radical (unpaired) electrons. The van der Waals surface area contributed by atoms with Crippen molar-refractivity contribution in [3.05, 3.63) is 42.7 Å². The lowest BCUT2D eigenvalue weighted by Gasteiger charge is -2.05. The Morgan fingerprint density at radius 1 is 1.50 bits per heavy atom. The number of carbonyl (C=O) groups excluding carboxylic acids is 1. The number of hydrogen-bond acceptors (Lipinski definition) is 2. The Labute approximate surface area is 84.2 Å². The van der Waals surface area contributed by atoms with Crippen LogP contribution in [-0.4, -0.2) is 5.78 Å². The van der Waals surface area contributed by atoms with Crippen LogP contribution in [0.2, 0.25) is 0 Å². The highest BCUT2D eigenvalue weighted by Gasteiger charge is 2.10. The smallest absolute Gasteiger partial charge is 0.165 e. The van der Waals surface area contributed by atoms with Gasteiger partial charge in [0.25, 0.3) is 0 Å². The normalized spacial score (nSPS) is 9.93. The molecule has 0 aliphatic heterocycles. The van der Waals surface area contributed by atoms with Crippen molar-refractivity contribution in [1.82, 2.24) is 0 Å². The van der Waals surface area contributed by atoms with Crippen LogP contribution < -0.4 is 4.74 Å². The zero-order valence-corrected chi connectivity index (χ0v) is 8.49. The van der Waals surface area contributed by atoms with Crippen molar-refractivity contribution in [3.63, 3.8) is 0 Å². The van der Waals surface area contributed by atoms with Gasteiger partial charge in [-0.25, -0.2) is 0 Å². The molecular weight excluding hydrogens is 176 g/mol. The van der Waals surface area contributed by atoms with Crippen LogP contribution in [0.15, 0.2) is 37.1 Å². The Hall–Kier alpha value is -1.57. The highest BCUT2D eigenvalue weighted by atomic mass is 16.5. The van der Waals surface area contributed by atoms with E-state index in [9.17, 15) is 4.79 Å². The zero-order chi connectivity index (χ0) is 10.6. The SMILES string of the molecule is C=COc1cccc(C(=O)C(C)C)c1. The van der Waals surface area contributed by atoms with Crippen LogP contribution in [0.5, 0.6) is 5.75 Å². The van der Waals surface area contributed by atoms with Crippen molar-refractivity contribution in [2.45, 2.75) is 13.8 Å². The van der Waals surface area contributed by atoms with Gasteiger partial charge in [-0.2, -0.15) is 0 Å². The van der Waals surface area contributed by atoms with Crippen LogP contribution in [0.3, 0.4) is 0 Å². The molecule has 0 aliphatic rings. The van der Waals surface area contributed by atoms with Gasteiger partial charge in [-0.15, -0.1) is 0 Å². The Kier molecular flexibility index (Phi) is 3.46. The Morgan fingerprint density at radius 2 is 2.21 bits per heavy atom. The van der Waals surface area contributed by atoms with Gasteiger partial charge >= 0.3 is 0 Å². The molecule has 0 aliphatic carbocycles. The molecule has 1 rings (SSSR count). The molecule has 0 amide bonds. The Balaban J connectivity index is 2.93. The van der Waals surface area contributed by atoms with E-state index in [1.54, 1.807) is 24.3 Å². The van der Waals surface area contributed by atoms with Crippen LogP contribution in [0, 0.1) is 5.92 Å². The molecule has 14 heavy (non-hydrogen) atoms. The summed E-state index contributed by atoms with van der Waals surface area (Å²) in [7, 11) is 0. The standard InChI is InChI=1S/C12H14O2/c1-4-14-11-7-5-6-10(8-11)12(13)9(2)3/h4-9H,1H2,2-3H3. The average Bonchev–Trinajstić information content (AvgIpc) is 2.17. The largest absolute Gasteiger partial charge is 0.466 e. The van der Waals surface area contributed by atoms with Crippen molar-refractivity contribution in [3.8, 4) is 5.75 Å². The van der Waals surface area contributed by atoms with Crippen molar-refractivity contribution in [1.29, 1.82) is 0 Å². The fraction of sp³-hybridized carbons (Fsp3) is 0.250. The topological polar surface area (TPSA) is 26.3 Å². The summed E-state index contributed by atoms with van der Waals surface area (Å²) in [5.41, 5.74) is 0.680. The van der Waals surface area contributed by atoms with E-state index >= 15 is 0 Å². The molecule has 2 nitrogen and oxygen atoms in total. The lowest BCUT2D eigenvalue weighted by atomic mass is 10.0. The van der Waals surface area contributed by atoms with Crippen molar-refractivity contribution in [2.24, 2.45) is 5.92 Å². The number of hydrogen-bond donors (Lipinski definition) is 0. The van der Waals surface area contributed by atoms with Crippen LogP contribution in [0.25, 0.3) is 0 Å². The predicted molar refractivity (Wildman–Crippen MR) is 56.4 cm³/mol. The summed E-state index contributed by atoms with van der Waals surface area (Å²) >= 11 is 0. The van der Waals surface area contributed by atoms with E-state index in [1.807, 2.05) is 13.8 Å². The molecule has 0 saturated heterocycles. The van der Waals surface area contributed by atoms with Crippen molar-refractivity contribution in [2.75, 3.05) is 0 Å². The summed E-state index contributed by atoms with van der Waals surface area (Å²) in [6.07, 6.45) is 1.35. The number of carbonyl (C=O) groups is 1. The van der Waals surface area contributed by atoms with E-state index in [0.29, 0.717) is 11.3 Å². The maximum absolute atomic E-state index is 11.6. The number of Topliss-reactive ketones (excluding diaryl/α,β-unsaturated/α-hetero) is 1. The summed E-state index contributed by atoms with van der Waals surface area (Å²) in [6.45, 7) is 7.22. The first-order valence-corrected chi connectivity index (χ1v) is 4.57. The van der Waals surface area contributed by atoms with Gasteiger partial charge < -0.3 is 4.74 Å². The maximum Gasteiger partial charge on any atom is 0.165 e. The molecule has 0 aromatic heterocycles. The number of ether oxygens (including phenoxy) is 1. The van der Waals surface area contributed by atoms with Gasteiger partial charge in [0.05, 0.1) is 6.26 Å². The Bertz CT molecular complexity index is 340. The number of ketones is 1. The quantitative estimate of drug-likeness (QED) is 0.538. The second-order valence-electron chi connectivity index (χ2n) is 3.33. The van der Waals surface area contributed by atoms with Gasteiger partial charge in [0.1, 0.15) is 5.75 Å². The van der Waals surface area contributed by atoms with Gasteiger partial charge in [0, 0.05) is 11.5 Å². The van der Waals surface area contributed by atoms with E-state index in [-0.39, 0.29) is 11.7 Å². The van der Waals surface area contributed by atoms with Gasteiger partial charge in [-0.1, -0.05) is 32.6 Å². The average molecular weight is 190 g/mol. The van der Waals surface area contributed by atoms with Gasteiger partial charge in [0.15, 0.2) is 5.78 Å². The summed E-state index contributed by atoms with van der Waals surface area (Å²) in [6, 6.07) is 7.11. The molecule has 1 aromatic carbocycles. The first-order chi connectivity index (χ1) is 6.65. The van der Waals surface area contributed by atoms with E-state index in [4.69, 9.17) is 4.74 Å². The third kappa shape index (κ3) is 2.46. The molecule has 0 N–H and O–H groups in total. The van der Waals surface area contributed by atoms with E-state index < -0.39 is 0 Å². The molecule has 0 bridgehead atoms. The van der Waals surface area contributed by atoms with Crippen molar-refractivity contribution < 1.29 is 9.53 Å². The van der Waals surface area contributed by atoms with Gasteiger partial charge in [-0.05, 0) is 12.1 Å². The zero-order valence-electron chi connectivity index (χ0n) is 8.49. The first kappa shape index (κ1) is 10.5. The van der Waals surface area contributed by atoms with Crippen molar-refractivity contribution >= 4 is 5.78 Å². The molecule has 0 unspecified atom stereocenters. The van der Waals surface area contributed by atoms with Crippen LogP contribution in [0.1, 0.15) is 24.2 Å². The summed E-state index contributed by atoms with van der Waals surface area (Å²) in [5, 5.41) is 0. The molecule has 0 atom stereocenters. The lowest BCUT2D eigenvalue weighted by Crippen LogP contribution is -2.07. The lowest BCUT2D eigenvalue weighted by molar-refractivity contribution is 0.0939. The fourth-order valence-electron chi connectivity index (χ4n) is 1.15. The highest BCUT2D eigenvalue weighted by Crippen LogP contribution is 2.16. The highest BCUT2D eigenvalue weighted by molar-refractivity contribution is 5.97. The van der Waals surface area contributed by atoms with Gasteiger partial charge in [0.2, 0.25) is 0 Å². The van der Waals surface area contributed by atoms with Crippen LogP contribution in [0.4, 0.5) is 0 Å². The fourth-order valence-corrected chi connectivity index (χ4v) is 1.15. The van der Waals surface area contributed by atoms with E-state index in [2.05, 4.69) is 6.58 Å². The number of rotatable bonds is 4. The molecular formula is C12H14O2. The molecule has 74 valence electrons. The first-order valence-electron chi connectivity index (χ1n) is 4.57. The molecule has 0 heterocycles.